The Balaban J connectivity index is 1.84. The van der Waals surface area contributed by atoms with Crippen molar-refractivity contribution in [2.45, 2.75) is 233 Å². The molecule has 0 fully saturated rings. The molecule has 0 saturated carbocycles. The van der Waals surface area contributed by atoms with Crippen molar-refractivity contribution in [2.24, 2.45) is 0 Å². The van der Waals surface area contributed by atoms with E-state index in [1.807, 2.05) is 0 Å². The molecule has 3 heterocycles. The molecule has 0 aliphatic carbocycles. The Morgan fingerprint density at radius 2 is 0.298 bits per heavy atom. The molecule has 0 radical (unpaired) electrons. The number of hydrogen-bond donors (Lipinski definition) is 0. The van der Waals surface area contributed by atoms with Gasteiger partial charge >= 0.3 is 0 Å². The van der Waals surface area contributed by atoms with Gasteiger partial charge in [-0.1, -0.05) is 160 Å². The second-order valence-corrected chi connectivity index (χ2v) is 53.5. The molecule has 12 heteroatoms. The Morgan fingerprint density at radius 3 is 0.393 bits per heavy atom. The zero-order valence-electron chi connectivity index (χ0n) is 54.9. The summed E-state index contributed by atoms with van der Waals surface area (Å²) < 4.78 is 0. The Labute approximate surface area is 513 Å². The summed E-state index contributed by atoms with van der Waals surface area (Å²) in [5.74, 6) is 22.6. The molecule has 7 rings (SSSR count). The van der Waals surface area contributed by atoms with Crippen LogP contribution in [-0.2, 0) is 0 Å². The van der Waals surface area contributed by atoms with E-state index in [2.05, 4.69) is 230 Å². The van der Waals surface area contributed by atoms with Gasteiger partial charge in [0.2, 0.25) is 0 Å². The van der Waals surface area contributed by atoms with Gasteiger partial charge in [0.15, 0.2) is 0 Å². The van der Waals surface area contributed by atoms with E-state index in [0.29, 0.717) is 33.1 Å². The Bertz CT molecular complexity index is 3250. The third kappa shape index (κ3) is 12.9. The summed E-state index contributed by atoms with van der Waals surface area (Å²) in [7, 11) is -11.3. The summed E-state index contributed by atoms with van der Waals surface area (Å²) >= 11 is 0. The van der Waals surface area contributed by atoms with Crippen LogP contribution in [0.15, 0.2) is 36.4 Å². The molecule has 0 aliphatic rings. The lowest BCUT2D eigenvalue weighted by atomic mass is 10.0. The zero-order chi connectivity index (χ0) is 61.1. The van der Waals surface area contributed by atoms with Gasteiger partial charge in [0, 0.05) is 0 Å². The van der Waals surface area contributed by atoms with Crippen molar-refractivity contribution in [3.8, 4) is 68.8 Å². The summed E-state index contributed by atoms with van der Waals surface area (Å²) in [4.78, 5) is 34.9. The summed E-state index contributed by atoms with van der Waals surface area (Å²) in [5, 5.41) is 0. The molecule has 0 aliphatic heterocycles. The van der Waals surface area contributed by atoms with Gasteiger partial charge in [0.25, 0.3) is 0 Å². The van der Waals surface area contributed by atoms with Crippen LogP contribution in [-0.4, -0.2) is 78.3 Å². The highest BCUT2D eigenvalue weighted by atomic mass is 28.3. The number of nitrogens with zero attached hydrogens (tertiary/aromatic N) is 6. The molecule has 0 unspecified atom stereocenters. The third-order valence-corrected chi connectivity index (χ3v) is 49.4. The van der Waals surface area contributed by atoms with Crippen molar-refractivity contribution in [3.63, 3.8) is 0 Å². The maximum absolute atomic E-state index is 5.82. The van der Waals surface area contributed by atoms with E-state index in [9.17, 15) is 0 Å². The first kappa shape index (κ1) is 65.9. The summed E-state index contributed by atoms with van der Waals surface area (Å²) in [6.07, 6.45) is 0. The lowest BCUT2D eigenvalue weighted by molar-refractivity contribution is 1.20. The SMILES string of the molecule is CC[Si](C#Cc1ccc(C#C[Si](CC)(CC)CC)c2nc3c(nc12)c1nc2c(C#C[Si](CC)(CC)CC)ccc(C#C[Si](CC)(CC)CC)c2nc1c1nc2c(C#C[Si](CC)(CC)CC)ccc(C#C[Si](CC)(CC)CC)c2nc31)(CC)CC. The van der Waals surface area contributed by atoms with Gasteiger partial charge in [-0.25, -0.2) is 29.9 Å². The Morgan fingerprint density at radius 1 is 0.190 bits per heavy atom. The average molecular weight is 1210 g/mol. The second kappa shape index (κ2) is 28.2. The Hall–Kier alpha value is -5.66. The predicted octanol–water partition coefficient (Wildman–Crippen LogP) is 19.4. The van der Waals surface area contributed by atoms with Gasteiger partial charge in [0.05, 0.1) is 33.4 Å². The van der Waals surface area contributed by atoms with Crippen molar-refractivity contribution in [1.82, 2.24) is 29.9 Å². The number of rotatable bonds is 18. The molecule has 0 amide bonds. The molecular weight excluding hydrogens is 1120 g/mol. The van der Waals surface area contributed by atoms with Gasteiger partial charge in [-0.3, -0.25) is 0 Å². The normalized spacial score (nSPS) is 12.2. The van der Waals surface area contributed by atoms with Crippen LogP contribution in [0.2, 0.25) is 109 Å². The first-order valence-electron chi connectivity index (χ1n) is 32.8. The third-order valence-electron chi connectivity index (χ3n) is 21.1. The number of benzene rings is 4. The molecular formula is C72H96N6Si6. The first-order valence-corrected chi connectivity index (χ1v) is 48.5. The number of aromatic nitrogens is 6. The summed E-state index contributed by atoms with van der Waals surface area (Å²) in [5.41, 5.74) is 36.7. The van der Waals surface area contributed by atoms with Crippen molar-refractivity contribution in [2.75, 3.05) is 0 Å². The van der Waals surface area contributed by atoms with Crippen LogP contribution in [0.5, 0.6) is 0 Å². The molecule has 84 heavy (non-hydrogen) atoms. The van der Waals surface area contributed by atoms with E-state index in [-0.39, 0.29) is 0 Å². The summed E-state index contributed by atoms with van der Waals surface area (Å²) in [6.45, 7) is 41.6. The van der Waals surface area contributed by atoms with Gasteiger partial charge in [-0.15, -0.1) is 33.3 Å². The van der Waals surface area contributed by atoms with Crippen molar-refractivity contribution >= 4 is 115 Å². The zero-order valence-corrected chi connectivity index (χ0v) is 60.9. The van der Waals surface area contributed by atoms with E-state index in [1.54, 1.807) is 0 Å². The fraction of sp³-hybridized carbons (Fsp3) is 0.500. The fourth-order valence-electron chi connectivity index (χ4n) is 12.3. The molecule has 438 valence electrons. The Kier molecular flexibility index (Phi) is 22.1. The topological polar surface area (TPSA) is 77.3 Å². The quantitative estimate of drug-likeness (QED) is 0.0369. The van der Waals surface area contributed by atoms with Gasteiger partial charge in [0.1, 0.15) is 115 Å². The number of fused-ring (bicyclic) bond motifs is 9. The molecule has 0 saturated heterocycles. The standard InChI is InChI=1S/C72H96N6Si6/c1-19-79(20-2,21-3)49-43-55-37-38-56(44-50-80(22-4,23-5)24-6)62-61(55)73-67-68(74-62)70-72(78-66-60(48-54-84(34-16,35-17)36-18)42-41-59(65(66)76-70)47-53-83(31-13,32-14)33-15)71-69(67)75-63-57(45-51-81(25-7,26-8)27-9)39-40-58(64(63)77-71)46-52-82(28-10,29-11)30-12/h37-42H,19-36H2,1-18H3. The lowest BCUT2D eigenvalue weighted by Gasteiger charge is -2.20. The van der Waals surface area contributed by atoms with Gasteiger partial charge in [-0.05, 0) is 145 Å². The number of hydrogen-bond acceptors (Lipinski definition) is 6. The van der Waals surface area contributed by atoms with Gasteiger partial charge < -0.3 is 0 Å². The highest BCUT2D eigenvalue weighted by Gasteiger charge is 2.31. The molecule has 3 aromatic heterocycles. The van der Waals surface area contributed by atoms with Crippen molar-refractivity contribution < 1.29 is 0 Å². The van der Waals surface area contributed by atoms with E-state index < -0.39 is 48.4 Å². The average Bonchev–Trinajstić information content (AvgIpc) is 0.832. The van der Waals surface area contributed by atoms with E-state index in [4.69, 9.17) is 29.9 Å². The van der Waals surface area contributed by atoms with Crippen LogP contribution < -0.4 is 0 Å². The van der Waals surface area contributed by atoms with Crippen molar-refractivity contribution in [3.05, 3.63) is 69.8 Å². The molecule has 0 bridgehead atoms. The minimum atomic E-state index is -1.88. The highest BCUT2D eigenvalue weighted by molar-refractivity contribution is 6.89. The lowest BCUT2D eigenvalue weighted by Crippen LogP contribution is -2.29. The second-order valence-electron chi connectivity index (χ2n) is 23.9. The van der Waals surface area contributed by atoms with E-state index in [0.717, 1.165) is 175 Å². The van der Waals surface area contributed by atoms with E-state index in [1.165, 1.54) is 0 Å². The van der Waals surface area contributed by atoms with E-state index >= 15 is 0 Å². The van der Waals surface area contributed by atoms with Crippen LogP contribution in [0, 0.1) is 68.8 Å². The minimum Gasteiger partial charge on any atom is -0.241 e. The molecule has 0 N–H and O–H groups in total. The molecule has 0 atom stereocenters. The maximum Gasteiger partial charge on any atom is 0.138 e. The monoisotopic (exact) mass is 1210 g/mol. The predicted molar refractivity (Wildman–Crippen MR) is 383 cm³/mol. The van der Waals surface area contributed by atoms with Crippen LogP contribution in [0.4, 0.5) is 0 Å². The largest absolute Gasteiger partial charge is 0.241 e. The van der Waals surface area contributed by atoms with Crippen LogP contribution in [0.25, 0.3) is 66.2 Å². The molecule has 4 aromatic carbocycles. The highest BCUT2D eigenvalue weighted by Crippen LogP contribution is 2.37. The van der Waals surface area contributed by atoms with Crippen molar-refractivity contribution in [1.29, 1.82) is 0 Å². The first-order chi connectivity index (χ1) is 40.5. The van der Waals surface area contributed by atoms with Crippen LogP contribution in [0.3, 0.4) is 0 Å². The minimum absolute atomic E-state index is 0.609. The molecule has 0 spiro atoms. The summed E-state index contributed by atoms with van der Waals surface area (Å²) in [6, 6.07) is 32.6. The molecule has 7 aromatic rings. The maximum atomic E-state index is 5.82. The van der Waals surface area contributed by atoms with Gasteiger partial charge in [-0.2, -0.15) is 0 Å². The molecule has 6 nitrogen and oxygen atoms in total. The van der Waals surface area contributed by atoms with Crippen LogP contribution in [0.1, 0.15) is 158 Å². The van der Waals surface area contributed by atoms with Crippen LogP contribution >= 0.6 is 0 Å². The smallest absolute Gasteiger partial charge is 0.138 e. The fourth-order valence-corrected chi connectivity index (χ4v) is 26.9.